The number of aryl methyl sites for hydroxylation is 1. The van der Waals surface area contributed by atoms with Gasteiger partial charge in [0.15, 0.2) is 6.61 Å². The van der Waals surface area contributed by atoms with E-state index in [1.54, 1.807) is 12.2 Å². The summed E-state index contributed by atoms with van der Waals surface area (Å²) in [6.45, 7) is -0.642. The Labute approximate surface area is 139 Å². The number of aromatic nitrogens is 1. The third kappa shape index (κ3) is 5.05. The lowest BCUT2D eigenvalue weighted by Crippen LogP contribution is -2.36. The van der Waals surface area contributed by atoms with Crippen molar-refractivity contribution >= 4 is 23.2 Å². The van der Waals surface area contributed by atoms with E-state index in [0.717, 1.165) is 16.9 Å². The zero-order chi connectivity index (χ0) is 17.7. The van der Waals surface area contributed by atoms with Crippen LogP contribution in [0.15, 0.2) is 30.3 Å². The fourth-order valence-corrected chi connectivity index (χ4v) is 2.70. The van der Waals surface area contributed by atoms with Gasteiger partial charge in [0.1, 0.15) is 16.4 Å². The summed E-state index contributed by atoms with van der Waals surface area (Å²) in [5.41, 5.74) is 1.26. The second-order valence-corrected chi connectivity index (χ2v) is 5.77. The van der Waals surface area contributed by atoms with Gasteiger partial charge in [0.25, 0.3) is 5.91 Å². The van der Waals surface area contributed by atoms with E-state index in [1.165, 1.54) is 0 Å². The first-order chi connectivity index (χ1) is 11.3. The number of rotatable bonds is 5. The fraction of sp³-hybridized carbons (Fsp3) is 0.267. The van der Waals surface area contributed by atoms with E-state index in [4.69, 9.17) is 4.74 Å². The van der Waals surface area contributed by atoms with Crippen molar-refractivity contribution in [2.45, 2.75) is 13.1 Å². The van der Waals surface area contributed by atoms with E-state index in [0.29, 0.717) is 10.7 Å². The Morgan fingerprint density at radius 2 is 1.92 bits per heavy atom. The second-order valence-electron chi connectivity index (χ2n) is 4.77. The van der Waals surface area contributed by atoms with Gasteiger partial charge in [0, 0.05) is 5.56 Å². The first-order valence-electron chi connectivity index (χ1n) is 6.79. The molecule has 2 aromatic rings. The summed E-state index contributed by atoms with van der Waals surface area (Å²) in [5.74, 6) is -1.82. The number of ether oxygens (including phenoxy) is 1. The minimum atomic E-state index is -4.52. The summed E-state index contributed by atoms with van der Waals surface area (Å²) >= 11 is 1.09. The summed E-state index contributed by atoms with van der Waals surface area (Å²) in [6.07, 6.45) is -4.52. The highest BCUT2D eigenvalue weighted by Crippen LogP contribution is 2.28. The molecular formula is C15H13F3N2O3S. The molecule has 2 rings (SSSR count). The molecule has 0 aliphatic heterocycles. The SMILES string of the molecule is Cc1nc(-c2ccccc2)sc1C(=O)OCC(=O)NCC(F)(F)F. The Kier molecular flexibility index (Phi) is 5.55. The van der Waals surface area contributed by atoms with Crippen LogP contribution in [0, 0.1) is 6.92 Å². The van der Waals surface area contributed by atoms with Gasteiger partial charge in [-0.15, -0.1) is 11.3 Å². The van der Waals surface area contributed by atoms with Gasteiger partial charge in [0.2, 0.25) is 0 Å². The predicted molar refractivity (Wildman–Crippen MR) is 81.6 cm³/mol. The summed E-state index contributed by atoms with van der Waals surface area (Å²) in [7, 11) is 0. The number of esters is 1. The predicted octanol–water partition coefficient (Wildman–Crippen LogP) is 2.95. The normalized spacial score (nSPS) is 11.2. The number of carbonyl (C=O) groups excluding carboxylic acids is 2. The zero-order valence-corrected chi connectivity index (χ0v) is 13.3. The average Bonchev–Trinajstić information content (AvgIpc) is 2.93. The third-order valence-corrected chi connectivity index (χ3v) is 4.01. The molecule has 0 bridgehead atoms. The van der Waals surface area contributed by atoms with Gasteiger partial charge in [-0.25, -0.2) is 9.78 Å². The number of amides is 1. The maximum Gasteiger partial charge on any atom is 0.405 e. The average molecular weight is 358 g/mol. The standard InChI is InChI=1S/C15H13F3N2O3S/c1-9-12(24-13(20-9)10-5-3-2-4-6-10)14(22)23-7-11(21)19-8-15(16,17)18/h2-6H,7-8H2,1H3,(H,19,21). The molecule has 0 aliphatic carbocycles. The maximum absolute atomic E-state index is 12.0. The van der Waals surface area contributed by atoms with Gasteiger partial charge < -0.3 is 10.1 Å². The van der Waals surface area contributed by atoms with Crippen molar-refractivity contribution in [1.82, 2.24) is 10.3 Å². The molecule has 0 spiro atoms. The maximum atomic E-state index is 12.0. The minimum Gasteiger partial charge on any atom is -0.451 e. The van der Waals surface area contributed by atoms with Gasteiger partial charge in [-0.3, -0.25) is 4.79 Å². The van der Waals surface area contributed by atoms with Gasteiger partial charge in [-0.1, -0.05) is 30.3 Å². The smallest absolute Gasteiger partial charge is 0.405 e. The molecule has 9 heteroatoms. The number of benzene rings is 1. The number of hydrogen-bond acceptors (Lipinski definition) is 5. The van der Waals surface area contributed by atoms with Crippen LogP contribution < -0.4 is 5.32 Å². The van der Waals surface area contributed by atoms with Crippen LogP contribution in [0.3, 0.4) is 0 Å². The van der Waals surface area contributed by atoms with Gasteiger partial charge >= 0.3 is 12.1 Å². The van der Waals surface area contributed by atoms with Crippen LogP contribution in [-0.4, -0.2) is 36.2 Å². The number of alkyl halides is 3. The molecule has 5 nitrogen and oxygen atoms in total. The van der Waals surface area contributed by atoms with E-state index in [9.17, 15) is 22.8 Å². The molecule has 0 saturated carbocycles. The van der Waals surface area contributed by atoms with Gasteiger partial charge in [-0.05, 0) is 6.92 Å². The van der Waals surface area contributed by atoms with Crippen molar-refractivity contribution in [2.75, 3.05) is 13.2 Å². The molecule has 0 fully saturated rings. The molecular weight excluding hydrogens is 345 g/mol. The van der Waals surface area contributed by atoms with E-state index in [-0.39, 0.29) is 4.88 Å². The van der Waals surface area contributed by atoms with Crippen LogP contribution in [0.5, 0.6) is 0 Å². The molecule has 1 heterocycles. The molecule has 0 saturated heterocycles. The number of thiazole rings is 1. The molecule has 0 unspecified atom stereocenters. The fourth-order valence-electron chi connectivity index (χ4n) is 1.74. The molecule has 24 heavy (non-hydrogen) atoms. The van der Waals surface area contributed by atoms with Crippen LogP contribution in [0.2, 0.25) is 0 Å². The van der Waals surface area contributed by atoms with Crippen LogP contribution >= 0.6 is 11.3 Å². The van der Waals surface area contributed by atoms with E-state index < -0.39 is 31.2 Å². The third-order valence-electron chi connectivity index (χ3n) is 2.82. The Hall–Kier alpha value is -2.42. The molecule has 0 atom stereocenters. The Morgan fingerprint density at radius 1 is 1.25 bits per heavy atom. The highest BCUT2D eigenvalue weighted by molar-refractivity contribution is 7.17. The lowest BCUT2D eigenvalue weighted by molar-refractivity contribution is -0.140. The van der Waals surface area contributed by atoms with Crippen molar-refractivity contribution in [1.29, 1.82) is 0 Å². The number of hydrogen-bond donors (Lipinski definition) is 1. The van der Waals surface area contributed by atoms with Crippen molar-refractivity contribution in [3.8, 4) is 10.6 Å². The Balaban J connectivity index is 1.96. The summed E-state index contributed by atoms with van der Waals surface area (Å²) < 4.78 is 40.6. The van der Waals surface area contributed by atoms with E-state index in [1.807, 2.05) is 30.3 Å². The number of nitrogens with one attached hydrogen (secondary N) is 1. The lowest BCUT2D eigenvalue weighted by atomic mass is 10.2. The zero-order valence-electron chi connectivity index (χ0n) is 12.5. The van der Waals surface area contributed by atoms with Crippen LogP contribution in [0.25, 0.3) is 10.6 Å². The van der Waals surface area contributed by atoms with Crippen molar-refractivity contribution in [3.63, 3.8) is 0 Å². The van der Waals surface area contributed by atoms with Gasteiger partial charge in [0.05, 0.1) is 5.69 Å². The van der Waals surface area contributed by atoms with Crippen molar-refractivity contribution in [3.05, 3.63) is 40.9 Å². The molecule has 0 aliphatic rings. The molecule has 1 aromatic heterocycles. The van der Waals surface area contributed by atoms with E-state index in [2.05, 4.69) is 4.98 Å². The summed E-state index contributed by atoms with van der Waals surface area (Å²) in [5, 5.41) is 2.23. The number of nitrogens with zero attached hydrogens (tertiary/aromatic N) is 1. The van der Waals surface area contributed by atoms with Crippen LogP contribution in [0.4, 0.5) is 13.2 Å². The highest BCUT2D eigenvalue weighted by atomic mass is 32.1. The van der Waals surface area contributed by atoms with Crippen molar-refractivity contribution in [2.24, 2.45) is 0 Å². The lowest BCUT2D eigenvalue weighted by Gasteiger charge is -2.08. The monoisotopic (exact) mass is 358 g/mol. The van der Waals surface area contributed by atoms with Crippen molar-refractivity contribution < 1.29 is 27.5 Å². The largest absolute Gasteiger partial charge is 0.451 e. The highest BCUT2D eigenvalue weighted by Gasteiger charge is 2.28. The molecule has 0 radical (unpaired) electrons. The number of carbonyl (C=O) groups is 2. The van der Waals surface area contributed by atoms with Crippen LogP contribution in [-0.2, 0) is 9.53 Å². The Morgan fingerprint density at radius 3 is 2.54 bits per heavy atom. The summed E-state index contributed by atoms with van der Waals surface area (Å²) in [4.78, 5) is 27.7. The molecule has 1 N–H and O–H groups in total. The first-order valence-corrected chi connectivity index (χ1v) is 7.61. The Bertz CT molecular complexity index is 729. The molecule has 128 valence electrons. The topological polar surface area (TPSA) is 68.3 Å². The molecule has 1 aromatic carbocycles. The quantitative estimate of drug-likeness (QED) is 0.835. The second kappa shape index (κ2) is 7.43. The minimum absolute atomic E-state index is 0.206. The first kappa shape index (κ1) is 17.9. The number of halogens is 3. The van der Waals surface area contributed by atoms with Gasteiger partial charge in [-0.2, -0.15) is 13.2 Å². The summed E-state index contributed by atoms with van der Waals surface area (Å²) in [6, 6.07) is 9.17. The van der Waals surface area contributed by atoms with E-state index >= 15 is 0 Å². The molecule has 1 amide bonds. The van der Waals surface area contributed by atoms with Crippen LogP contribution in [0.1, 0.15) is 15.4 Å².